The maximum atomic E-state index is 11.1. The van der Waals surface area contributed by atoms with Crippen LogP contribution in [-0.4, -0.2) is 28.2 Å². The Morgan fingerprint density at radius 3 is 2.43 bits per heavy atom. The third-order valence-corrected chi connectivity index (χ3v) is 5.09. The summed E-state index contributed by atoms with van der Waals surface area (Å²) in [6.07, 6.45) is 9.69. The number of aryl methyl sites for hydroxylation is 3. The van der Waals surface area contributed by atoms with Gasteiger partial charge in [-0.15, -0.1) is 0 Å². The van der Waals surface area contributed by atoms with Gasteiger partial charge in [0.05, 0.1) is 12.4 Å². The van der Waals surface area contributed by atoms with E-state index in [2.05, 4.69) is 58.2 Å². The largest absolute Gasteiger partial charge is 0.376 e. The van der Waals surface area contributed by atoms with Crippen molar-refractivity contribution in [3.63, 3.8) is 0 Å². The van der Waals surface area contributed by atoms with Crippen LogP contribution in [-0.2, 0) is 28.9 Å². The van der Waals surface area contributed by atoms with E-state index in [1.54, 1.807) is 0 Å². The highest BCUT2D eigenvalue weighted by molar-refractivity contribution is 5.88. The summed E-state index contributed by atoms with van der Waals surface area (Å²) in [6.45, 7) is 5.17. The molecule has 5 heteroatoms. The Morgan fingerprint density at radius 1 is 1.07 bits per heavy atom. The average molecular weight is 406 g/mol. The van der Waals surface area contributed by atoms with Crippen molar-refractivity contribution in [3.8, 4) is 0 Å². The molecule has 1 unspecified atom stereocenters. The first-order valence-electron chi connectivity index (χ1n) is 10.6. The van der Waals surface area contributed by atoms with Gasteiger partial charge >= 0.3 is 0 Å². The Morgan fingerprint density at radius 2 is 1.77 bits per heavy atom. The van der Waals surface area contributed by atoms with Gasteiger partial charge in [0, 0.05) is 38.2 Å². The van der Waals surface area contributed by atoms with Crippen molar-refractivity contribution in [1.29, 1.82) is 0 Å². The minimum absolute atomic E-state index is 0.0503. The fraction of sp³-hybridized carbons (Fsp3) is 0.360. The molecule has 1 atom stereocenters. The number of rotatable bonds is 11. The van der Waals surface area contributed by atoms with Crippen molar-refractivity contribution in [2.75, 3.05) is 11.9 Å². The fourth-order valence-electron chi connectivity index (χ4n) is 3.42. The topological polar surface area (TPSA) is 56.1 Å². The van der Waals surface area contributed by atoms with Crippen LogP contribution in [0.2, 0.25) is 0 Å². The molecule has 2 aromatic carbocycles. The molecule has 0 spiro atoms. The quantitative estimate of drug-likeness (QED) is 0.466. The van der Waals surface area contributed by atoms with Gasteiger partial charge in [0.2, 0.25) is 5.91 Å². The van der Waals surface area contributed by atoms with Gasteiger partial charge in [0.15, 0.2) is 0 Å². The zero-order valence-electron chi connectivity index (χ0n) is 17.9. The summed E-state index contributed by atoms with van der Waals surface area (Å²) in [5, 5.41) is 2.79. The molecule has 3 rings (SSSR count). The molecular formula is C25H31N3O2. The SMILES string of the molecule is CC(=O)Nc1ccc(CCCOC(CCc2ccc(C)cc2)Cn2ccnc2)cc1. The second-order valence-corrected chi connectivity index (χ2v) is 7.76. The van der Waals surface area contributed by atoms with E-state index in [-0.39, 0.29) is 12.0 Å². The van der Waals surface area contributed by atoms with Crippen molar-refractivity contribution in [1.82, 2.24) is 9.55 Å². The Hall–Kier alpha value is -2.92. The van der Waals surface area contributed by atoms with E-state index < -0.39 is 0 Å². The van der Waals surface area contributed by atoms with Crippen molar-refractivity contribution in [2.45, 2.75) is 52.2 Å². The van der Waals surface area contributed by atoms with Crippen LogP contribution < -0.4 is 5.32 Å². The van der Waals surface area contributed by atoms with Gasteiger partial charge in [-0.25, -0.2) is 4.98 Å². The van der Waals surface area contributed by atoms with Crippen molar-refractivity contribution in [3.05, 3.63) is 83.9 Å². The van der Waals surface area contributed by atoms with Crippen LogP contribution in [0.25, 0.3) is 0 Å². The van der Waals surface area contributed by atoms with Crippen LogP contribution in [0.15, 0.2) is 67.3 Å². The molecule has 1 N–H and O–H groups in total. The lowest BCUT2D eigenvalue weighted by atomic mass is 10.0. The lowest BCUT2D eigenvalue weighted by Crippen LogP contribution is -2.21. The van der Waals surface area contributed by atoms with Gasteiger partial charge in [0.25, 0.3) is 0 Å². The number of anilines is 1. The maximum Gasteiger partial charge on any atom is 0.221 e. The van der Waals surface area contributed by atoms with Gasteiger partial charge < -0.3 is 14.6 Å². The third-order valence-electron chi connectivity index (χ3n) is 5.09. The van der Waals surface area contributed by atoms with Crippen molar-refractivity contribution < 1.29 is 9.53 Å². The number of carbonyl (C=O) groups excluding carboxylic acids is 1. The Kier molecular flexibility index (Phi) is 8.21. The number of nitrogens with one attached hydrogen (secondary N) is 1. The molecule has 30 heavy (non-hydrogen) atoms. The van der Waals surface area contributed by atoms with Crippen molar-refractivity contribution in [2.24, 2.45) is 0 Å². The van der Waals surface area contributed by atoms with E-state index in [9.17, 15) is 4.79 Å². The molecule has 0 saturated carbocycles. The molecule has 0 radical (unpaired) electrons. The summed E-state index contributed by atoms with van der Waals surface area (Å²) < 4.78 is 8.34. The normalized spacial score (nSPS) is 11.9. The average Bonchev–Trinajstić information content (AvgIpc) is 3.24. The first kappa shape index (κ1) is 21.8. The van der Waals surface area contributed by atoms with E-state index in [1.807, 2.05) is 30.9 Å². The molecule has 3 aromatic rings. The summed E-state index contributed by atoms with van der Waals surface area (Å²) in [5.41, 5.74) is 4.71. The Bertz CT molecular complexity index is 887. The zero-order chi connectivity index (χ0) is 21.2. The highest BCUT2D eigenvalue weighted by Gasteiger charge is 2.11. The fourth-order valence-corrected chi connectivity index (χ4v) is 3.42. The summed E-state index contributed by atoms with van der Waals surface area (Å²) in [7, 11) is 0. The van der Waals surface area contributed by atoms with Crippen LogP contribution in [0.4, 0.5) is 5.69 Å². The molecule has 1 heterocycles. The number of amides is 1. The molecule has 0 bridgehead atoms. The molecule has 0 aliphatic heterocycles. The minimum atomic E-state index is -0.0503. The van der Waals surface area contributed by atoms with Gasteiger partial charge in [-0.05, 0) is 55.9 Å². The monoisotopic (exact) mass is 405 g/mol. The number of carbonyl (C=O) groups is 1. The highest BCUT2D eigenvalue weighted by Crippen LogP contribution is 2.14. The van der Waals surface area contributed by atoms with Crippen LogP contribution >= 0.6 is 0 Å². The van der Waals surface area contributed by atoms with Gasteiger partial charge in [-0.1, -0.05) is 42.0 Å². The second kappa shape index (κ2) is 11.3. The summed E-state index contributed by atoms with van der Waals surface area (Å²) in [4.78, 5) is 15.3. The van der Waals surface area contributed by atoms with Crippen molar-refractivity contribution >= 4 is 11.6 Å². The van der Waals surface area contributed by atoms with E-state index in [0.29, 0.717) is 0 Å². The number of ether oxygens (including phenoxy) is 1. The Labute approximate surface area is 179 Å². The summed E-state index contributed by atoms with van der Waals surface area (Å²) >= 11 is 0. The van der Waals surface area contributed by atoms with Crippen LogP contribution in [0.5, 0.6) is 0 Å². The molecule has 5 nitrogen and oxygen atoms in total. The highest BCUT2D eigenvalue weighted by atomic mass is 16.5. The first-order valence-corrected chi connectivity index (χ1v) is 10.6. The van der Waals surface area contributed by atoms with Gasteiger partial charge in [-0.3, -0.25) is 4.79 Å². The zero-order valence-corrected chi connectivity index (χ0v) is 17.9. The Balaban J connectivity index is 1.46. The number of aromatic nitrogens is 2. The number of hydrogen-bond acceptors (Lipinski definition) is 3. The molecule has 158 valence electrons. The van der Waals surface area contributed by atoms with Gasteiger partial charge in [-0.2, -0.15) is 0 Å². The van der Waals surface area contributed by atoms with Crippen LogP contribution in [0.1, 0.15) is 36.5 Å². The number of benzene rings is 2. The lowest BCUT2D eigenvalue weighted by molar-refractivity contribution is -0.114. The summed E-state index contributed by atoms with van der Waals surface area (Å²) in [6, 6.07) is 16.7. The van der Waals surface area contributed by atoms with Crippen LogP contribution in [0.3, 0.4) is 0 Å². The molecule has 0 saturated heterocycles. The minimum Gasteiger partial charge on any atom is -0.376 e. The molecule has 0 aliphatic carbocycles. The van der Waals surface area contributed by atoms with E-state index >= 15 is 0 Å². The lowest BCUT2D eigenvalue weighted by Gasteiger charge is -2.19. The molecular weight excluding hydrogens is 374 g/mol. The molecule has 1 amide bonds. The van der Waals surface area contributed by atoms with E-state index in [0.717, 1.165) is 44.5 Å². The molecule has 0 fully saturated rings. The van der Waals surface area contributed by atoms with E-state index in [1.165, 1.54) is 23.6 Å². The van der Waals surface area contributed by atoms with Gasteiger partial charge in [0.1, 0.15) is 0 Å². The summed E-state index contributed by atoms with van der Waals surface area (Å²) in [5.74, 6) is -0.0503. The molecule has 1 aromatic heterocycles. The number of nitrogens with zero attached hydrogens (tertiary/aromatic N) is 2. The second-order valence-electron chi connectivity index (χ2n) is 7.76. The molecule has 0 aliphatic rings. The first-order chi connectivity index (χ1) is 14.6. The predicted molar refractivity (Wildman–Crippen MR) is 121 cm³/mol. The predicted octanol–water partition coefficient (Wildman–Crippen LogP) is 4.80. The number of imidazole rings is 1. The standard InChI is InChI=1S/C25H31N3O2/c1-20-5-7-23(8-6-20)11-14-25(18-28-16-15-26-19-28)30-17-3-4-22-9-12-24(13-10-22)27-21(2)29/h5-10,12-13,15-16,19,25H,3-4,11,14,17-18H2,1-2H3,(H,27,29). The number of hydrogen-bond donors (Lipinski definition) is 1. The maximum absolute atomic E-state index is 11.1. The smallest absolute Gasteiger partial charge is 0.221 e. The third kappa shape index (κ3) is 7.48. The van der Waals surface area contributed by atoms with E-state index in [4.69, 9.17) is 4.74 Å². The van der Waals surface area contributed by atoms with Crippen LogP contribution in [0, 0.1) is 6.92 Å².